The van der Waals surface area contributed by atoms with Crippen LogP contribution in [0.4, 0.5) is 0 Å². The third-order valence-corrected chi connectivity index (χ3v) is 11.2. The summed E-state index contributed by atoms with van der Waals surface area (Å²) in [4.78, 5) is 11.6. The van der Waals surface area contributed by atoms with Crippen LogP contribution in [0.1, 0.15) is 88.0 Å². The zero-order chi connectivity index (χ0) is 21.8. The molecule has 0 amide bonds. The van der Waals surface area contributed by atoms with Gasteiger partial charge in [0, 0.05) is 37.6 Å². The van der Waals surface area contributed by atoms with E-state index in [2.05, 4.69) is 63.9 Å². The zero-order valence-electron chi connectivity index (χ0n) is 19.4. The average molecular weight is 425 g/mol. The maximum atomic E-state index is 11.6. The summed E-state index contributed by atoms with van der Waals surface area (Å²) in [5.41, 5.74) is 1.38. The molecule has 0 aromatic heterocycles. The molecule has 0 saturated heterocycles. The molecule has 0 spiro atoms. The van der Waals surface area contributed by atoms with Crippen molar-refractivity contribution >= 4 is 26.0 Å². The molecule has 0 atom stereocenters. The standard InChI is InChI=1S/C23H40O3SSi/c1-19(2)28(20(3)4,21(5)6)25-16-12-14-18-27-17-13-10-11-15-22(24)26-23(7,8)9/h19-21H,10-12,15-16H2,1-9H3. The van der Waals surface area contributed by atoms with Gasteiger partial charge in [-0.25, -0.2) is 0 Å². The molecule has 0 saturated carbocycles. The lowest BCUT2D eigenvalue weighted by atomic mass is 10.2. The summed E-state index contributed by atoms with van der Waals surface area (Å²) < 4.78 is 11.7. The molecular formula is C23H40O3SSi. The summed E-state index contributed by atoms with van der Waals surface area (Å²) in [6.07, 6.45) is 2.55. The van der Waals surface area contributed by atoms with Gasteiger partial charge in [0.2, 0.25) is 0 Å². The van der Waals surface area contributed by atoms with E-state index in [4.69, 9.17) is 9.16 Å². The summed E-state index contributed by atoms with van der Waals surface area (Å²) in [5.74, 6) is 6.02. The lowest BCUT2D eigenvalue weighted by Gasteiger charge is -2.42. The largest absolute Gasteiger partial charge is 0.460 e. The van der Waals surface area contributed by atoms with E-state index in [0.717, 1.165) is 12.8 Å². The molecule has 0 aliphatic rings. The fraction of sp³-hybridized carbons (Fsp3) is 0.783. The van der Waals surface area contributed by atoms with Crippen LogP contribution in [0.3, 0.4) is 0 Å². The van der Waals surface area contributed by atoms with E-state index < -0.39 is 13.9 Å². The molecule has 5 heteroatoms. The van der Waals surface area contributed by atoms with Crippen LogP contribution in [0.5, 0.6) is 0 Å². The van der Waals surface area contributed by atoms with Gasteiger partial charge in [0.05, 0.1) is 0 Å². The lowest BCUT2D eigenvalue weighted by Crippen LogP contribution is -2.47. The molecule has 0 aliphatic heterocycles. The van der Waals surface area contributed by atoms with Gasteiger partial charge in [0.1, 0.15) is 5.60 Å². The molecule has 0 rings (SSSR count). The molecular weight excluding hydrogens is 384 g/mol. The summed E-state index contributed by atoms with van der Waals surface area (Å²) in [6.45, 7) is 20.1. The van der Waals surface area contributed by atoms with Crippen molar-refractivity contribution in [2.45, 2.75) is 110 Å². The SMILES string of the molecule is CC(C)[Si](OCCC#CSC#CCCCC(=O)OC(C)(C)C)(C(C)C)C(C)C. The van der Waals surface area contributed by atoms with Crippen LogP contribution in [-0.2, 0) is 14.0 Å². The highest BCUT2D eigenvalue weighted by Crippen LogP contribution is 2.42. The number of carbonyl (C=O) groups is 1. The fourth-order valence-electron chi connectivity index (χ4n) is 3.69. The third kappa shape index (κ3) is 10.6. The molecule has 0 heterocycles. The Bertz CT molecular complexity index is 561. The number of carbonyl (C=O) groups excluding carboxylic acids is 1. The van der Waals surface area contributed by atoms with E-state index >= 15 is 0 Å². The van der Waals surface area contributed by atoms with E-state index in [0.29, 0.717) is 36.1 Å². The summed E-state index contributed by atoms with van der Waals surface area (Å²) in [7, 11) is -1.78. The number of ether oxygens (including phenoxy) is 1. The van der Waals surface area contributed by atoms with Crippen LogP contribution in [0.15, 0.2) is 0 Å². The number of hydrogen-bond donors (Lipinski definition) is 0. The van der Waals surface area contributed by atoms with Crippen LogP contribution in [0, 0.1) is 22.3 Å². The van der Waals surface area contributed by atoms with Crippen molar-refractivity contribution in [2.24, 2.45) is 0 Å². The number of hydrogen-bond acceptors (Lipinski definition) is 4. The monoisotopic (exact) mass is 424 g/mol. The Kier molecular flexibility index (Phi) is 12.9. The number of rotatable bonds is 9. The minimum atomic E-state index is -1.78. The van der Waals surface area contributed by atoms with E-state index in [1.54, 1.807) is 0 Å². The molecule has 0 N–H and O–H groups in total. The normalized spacial score (nSPS) is 11.9. The molecule has 0 fully saturated rings. The molecule has 0 aliphatic carbocycles. The molecule has 0 unspecified atom stereocenters. The molecule has 0 bridgehead atoms. The Hall–Kier alpha value is -0.883. The van der Waals surface area contributed by atoms with Crippen molar-refractivity contribution in [3.05, 3.63) is 0 Å². The Labute approximate surface area is 179 Å². The summed E-state index contributed by atoms with van der Waals surface area (Å²) in [6, 6.07) is 0. The van der Waals surface area contributed by atoms with Gasteiger partial charge in [0.15, 0.2) is 8.32 Å². The van der Waals surface area contributed by atoms with Crippen LogP contribution in [0.2, 0.25) is 16.6 Å². The lowest BCUT2D eigenvalue weighted by molar-refractivity contribution is -0.154. The van der Waals surface area contributed by atoms with Crippen LogP contribution in [-0.4, -0.2) is 26.5 Å². The third-order valence-electron chi connectivity index (χ3n) is 4.64. The van der Waals surface area contributed by atoms with Crippen molar-refractivity contribution in [1.82, 2.24) is 0 Å². The van der Waals surface area contributed by atoms with Crippen molar-refractivity contribution in [1.29, 1.82) is 0 Å². The fourth-order valence-corrected chi connectivity index (χ4v) is 9.55. The van der Waals surface area contributed by atoms with Gasteiger partial charge < -0.3 is 9.16 Å². The molecule has 0 aromatic carbocycles. The second-order valence-corrected chi connectivity index (χ2v) is 15.1. The second-order valence-electron chi connectivity index (χ2n) is 9.02. The first-order valence-electron chi connectivity index (χ1n) is 10.4. The number of esters is 1. The van der Waals surface area contributed by atoms with Crippen molar-refractivity contribution in [3.63, 3.8) is 0 Å². The van der Waals surface area contributed by atoms with Crippen LogP contribution < -0.4 is 0 Å². The first-order valence-corrected chi connectivity index (χ1v) is 13.4. The highest BCUT2D eigenvalue weighted by Gasteiger charge is 2.44. The summed E-state index contributed by atoms with van der Waals surface area (Å²) >= 11 is 1.32. The van der Waals surface area contributed by atoms with E-state index in [9.17, 15) is 4.79 Å². The maximum absolute atomic E-state index is 11.6. The Balaban J connectivity index is 4.15. The van der Waals surface area contributed by atoms with E-state index in [1.165, 1.54) is 11.8 Å². The van der Waals surface area contributed by atoms with Gasteiger partial charge in [-0.1, -0.05) is 53.4 Å². The maximum Gasteiger partial charge on any atom is 0.306 e. The molecule has 0 radical (unpaired) electrons. The predicted octanol–water partition coefficient (Wildman–Crippen LogP) is 6.74. The zero-order valence-corrected chi connectivity index (χ0v) is 21.2. The molecule has 28 heavy (non-hydrogen) atoms. The van der Waals surface area contributed by atoms with Crippen LogP contribution >= 0.6 is 11.8 Å². The predicted molar refractivity (Wildman–Crippen MR) is 124 cm³/mol. The second kappa shape index (κ2) is 13.4. The molecule has 3 nitrogen and oxygen atoms in total. The first kappa shape index (κ1) is 27.1. The minimum Gasteiger partial charge on any atom is -0.460 e. The summed E-state index contributed by atoms with van der Waals surface area (Å²) in [5, 5.41) is 6.00. The topological polar surface area (TPSA) is 35.5 Å². The van der Waals surface area contributed by atoms with Crippen molar-refractivity contribution < 1.29 is 14.0 Å². The van der Waals surface area contributed by atoms with Gasteiger partial charge in [-0.05, 0) is 54.3 Å². The van der Waals surface area contributed by atoms with Crippen LogP contribution in [0.25, 0.3) is 0 Å². The van der Waals surface area contributed by atoms with Gasteiger partial charge >= 0.3 is 5.97 Å². The smallest absolute Gasteiger partial charge is 0.306 e. The first-order chi connectivity index (χ1) is 12.9. The van der Waals surface area contributed by atoms with Gasteiger partial charge in [-0.3, -0.25) is 4.79 Å². The highest BCUT2D eigenvalue weighted by molar-refractivity contribution is 8.08. The van der Waals surface area contributed by atoms with Crippen molar-refractivity contribution in [3.8, 4) is 22.3 Å². The van der Waals surface area contributed by atoms with Gasteiger partial charge in [-0.15, -0.1) is 0 Å². The number of unbranched alkanes of at least 4 members (excludes halogenated alkanes) is 1. The molecule has 160 valence electrons. The van der Waals surface area contributed by atoms with E-state index in [-0.39, 0.29) is 5.97 Å². The Morgan fingerprint density at radius 1 is 0.929 bits per heavy atom. The quantitative estimate of drug-likeness (QED) is 0.178. The minimum absolute atomic E-state index is 0.162. The van der Waals surface area contributed by atoms with Gasteiger partial charge in [0.25, 0.3) is 0 Å². The Morgan fingerprint density at radius 3 is 1.89 bits per heavy atom. The molecule has 0 aromatic rings. The van der Waals surface area contributed by atoms with E-state index in [1.807, 2.05) is 20.8 Å². The average Bonchev–Trinajstić information content (AvgIpc) is 2.53. The highest BCUT2D eigenvalue weighted by atomic mass is 32.2. The van der Waals surface area contributed by atoms with Crippen molar-refractivity contribution in [2.75, 3.05) is 6.61 Å². The Morgan fingerprint density at radius 2 is 1.43 bits per heavy atom. The number of thioether (sulfide) groups is 1. The van der Waals surface area contributed by atoms with Gasteiger partial charge in [-0.2, -0.15) is 0 Å².